The molecule has 14 heteroatoms. The molecule has 2 heterocycles. The quantitative estimate of drug-likeness (QED) is 0.123. The van der Waals surface area contributed by atoms with E-state index in [2.05, 4.69) is 15.4 Å². The van der Waals surface area contributed by atoms with Gasteiger partial charge in [0.15, 0.2) is 5.82 Å². The summed E-state index contributed by atoms with van der Waals surface area (Å²) in [6, 6.07) is 6.08. The van der Waals surface area contributed by atoms with Gasteiger partial charge in [-0.3, -0.25) is 0 Å². The van der Waals surface area contributed by atoms with Crippen LogP contribution in [0, 0.1) is 23.0 Å². The van der Waals surface area contributed by atoms with Gasteiger partial charge in [-0.2, -0.15) is 18.3 Å². The maximum absolute atomic E-state index is 15.1. The van der Waals surface area contributed by atoms with Gasteiger partial charge in [0, 0.05) is 30.0 Å². The third-order valence-electron chi connectivity index (χ3n) is 6.73. The van der Waals surface area contributed by atoms with Crippen LogP contribution in [0.5, 0.6) is 0 Å². The van der Waals surface area contributed by atoms with Crippen molar-refractivity contribution in [3.05, 3.63) is 71.7 Å². The number of methoxy groups -OCH3 is 1. The molecular weight excluding hydrogens is 561 g/mol. The van der Waals surface area contributed by atoms with Crippen molar-refractivity contribution in [3.63, 3.8) is 0 Å². The molecule has 4 rings (SSSR count). The Kier molecular flexibility index (Phi) is 9.05. The highest BCUT2D eigenvalue weighted by molar-refractivity contribution is 6.00. The first kappa shape index (κ1) is 30.4. The summed E-state index contributed by atoms with van der Waals surface area (Å²) in [5.74, 6) is -1.83. The lowest BCUT2D eigenvalue weighted by Crippen LogP contribution is -2.21. The van der Waals surface area contributed by atoms with E-state index >= 15 is 4.39 Å². The molecule has 42 heavy (non-hydrogen) atoms. The van der Waals surface area contributed by atoms with E-state index in [1.54, 1.807) is 17.7 Å². The second-order valence-corrected chi connectivity index (χ2v) is 9.51. The number of carbonyl (C=O) groups excluding carboxylic acids is 1. The Morgan fingerprint density at radius 2 is 1.83 bits per heavy atom. The topological polar surface area (TPSA) is 130 Å². The fourth-order valence-electron chi connectivity index (χ4n) is 4.52. The number of anilines is 3. The zero-order valence-corrected chi connectivity index (χ0v) is 22.6. The summed E-state index contributed by atoms with van der Waals surface area (Å²) >= 11 is 0. The number of aromatic nitrogens is 3. The van der Waals surface area contributed by atoms with Gasteiger partial charge in [-0.1, -0.05) is 13.0 Å². The fourth-order valence-corrected chi connectivity index (χ4v) is 4.52. The van der Waals surface area contributed by atoms with Crippen molar-refractivity contribution in [1.82, 2.24) is 14.6 Å². The van der Waals surface area contributed by atoms with Crippen molar-refractivity contribution in [2.75, 3.05) is 30.1 Å². The van der Waals surface area contributed by atoms with Gasteiger partial charge in [-0.25, -0.2) is 23.1 Å². The minimum atomic E-state index is -4.75. The van der Waals surface area contributed by atoms with Gasteiger partial charge in [-0.15, -0.1) is 0 Å². The largest absolute Gasteiger partial charge is 0.416 e. The first-order chi connectivity index (χ1) is 19.9. The molecule has 5 N–H and O–H groups in total. The van der Waals surface area contributed by atoms with Gasteiger partial charge in [0.2, 0.25) is 0 Å². The number of rotatable bonds is 10. The van der Waals surface area contributed by atoms with Crippen LogP contribution in [0.25, 0.3) is 16.6 Å². The summed E-state index contributed by atoms with van der Waals surface area (Å²) in [6.07, 6.45) is -1.81. The minimum Gasteiger partial charge on any atom is -0.384 e. The van der Waals surface area contributed by atoms with Crippen molar-refractivity contribution in [1.29, 1.82) is 5.41 Å². The molecule has 0 aliphatic rings. The van der Waals surface area contributed by atoms with Gasteiger partial charge in [-0.05, 0) is 61.2 Å². The van der Waals surface area contributed by atoms with Crippen molar-refractivity contribution in [3.8, 4) is 11.1 Å². The highest BCUT2D eigenvalue weighted by atomic mass is 19.4. The molecule has 0 radical (unpaired) electrons. The smallest absolute Gasteiger partial charge is 0.384 e. The highest BCUT2D eigenvalue weighted by Crippen LogP contribution is 2.34. The Hall–Kier alpha value is -4.59. The molecule has 4 aromatic rings. The zero-order chi connectivity index (χ0) is 30.6. The SMILES string of the molecule is CCC(COC)C(=N)CCc1cc(-c2ccc(NC(=O)Nc3cc(C(F)(F)F)ccc3F)c(F)c2)c2c(N)ncnn12. The van der Waals surface area contributed by atoms with Crippen LogP contribution in [-0.4, -0.2) is 40.1 Å². The van der Waals surface area contributed by atoms with E-state index < -0.39 is 35.1 Å². The zero-order valence-electron chi connectivity index (χ0n) is 22.6. The molecule has 9 nitrogen and oxygen atoms in total. The minimum absolute atomic E-state index is 0.0168. The van der Waals surface area contributed by atoms with Gasteiger partial charge in [0.05, 0.1) is 23.5 Å². The number of nitrogens with two attached hydrogens (primary N) is 1. The molecule has 2 amide bonds. The highest BCUT2D eigenvalue weighted by Gasteiger charge is 2.31. The molecular formula is C28H28F5N7O2. The Balaban J connectivity index is 1.56. The molecule has 222 valence electrons. The summed E-state index contributed by atoms with van der Waals surface area (Å²) in [7, 11) is 1.59. The number of hydrogen-bond acceptors (Lipinski definition) is 6. The number of aryl methyl sites for hydroxylation is 1. The van der Waals surface area contributed by atoms with Crippen LogP contribution in [0.4, 0.5) is 43.9 Å². The van der Waals surface area contributed by atoms with Gasteiger partial charge >= 0.3 is 12.2 Å². The molecule has 0 saturated heterocycles. The first-order valence-corrected chi connectivity index (χ1v) is 12.8. The molecule has 0 aliphatic carbocycles. The first-order valence-electron chi connectivity index (χ1n) is 12.8. The molecule has 0 saturated carbocycles. The van der Waals surface area contributed by atoms with Crippen LogP contribution in [-0.2, 0) is 17.3 Å². The molecule has 0 aliphatic heterocycles. The van der Waals surface area contributed by atoms with E-state index in [0.717, 1.165) is 18.2 Å². The number of ether oxygens (including phenoxy) is 1. The molecule has 1 atom stereocenters. The number of nitrogens with zero attached hydrogens (tertiary/aromatic N) is 3. The van der Waals surface area contributed by atoms with Crippen LogP contribution in [0.1, 0.15) is 31.0 Å². The lowest BCUT2D eigenvalue weighted by atomic mass is 9.97. The van der Waals surface area contributed by atoms with Crippen LogP contribution in [0.3, 0.4) is 0 Å². The predicted molar refractivity (Wildman–Crippen MR) is 149 cm³/mol. The van der Waals surface area contributed by atoms with E-state index in [0.29, 0.717) is 60.0 Å². The van der Waals surface area contributed by atoms with E-state index in [9.17, 15) is 22.4 Å². The number of benzene rings is 2. The molecule has 0 fully saturated rings. The van der Waals surface area contributed by atoms with E-state index in [1.807, 2.05) is 12.2 Å². The number of urea groups is 1. The van der Waals surface area contributed by atoms with Crippen molar-refractivity contribution < 1.29 is 31.5 Å². The maximum atomic E-state index is 15.1. The van der Waals surface area contributed by atoms with Gasteiger partial charge < -0.3 is 26.5 Å². The summed E-state index contributed by atoms with van der Waals surface area (Å²) in [5, 5.41) is 16.9. The van der Waals surface area contributed by atoms with Crippen LogP contribution in [0.15, 0.2) is 48.8 Å². The number of carbonyl (C=O) groups is 1. The number of halogens is 5. The molecule has 0 bridgehead atoms. The third-order valence-corrected chi connectivity index (χ3v) is 6.73. The number of nitrogen functional groups attached to an aromatic ring is 1. The summed E-state index contributed by atoms with van der Waals surface area (Å²) in [6.45, 7) is 2.43. The Bertz CT molecular complexity index is 1620. The third kappa shape index (κ3) is 6.65. The average molecular weight is 590 g/mol. The number of nitrogens with one attached hydrogen (secondary N) is 3. The van der Waals surface area contributed by atoms with E-state index in [1.165, 1.54) is 18.5 Å². The van der Waals surface area contributed by atoms with Crippen molar-refractivity contribution in [2.45, 2.75) is 32.4 Å². The number of fused-ring (bicyclic) bond motifs is 1. The van der Waals surface area contributed by atoms with E-state index in [-0.39, 0.29) is 17.4 Å². The van der Waals surface area contributed by atoms with Crippen molar-refractivity contribution >= 4 is 34.5 Å². The monoisotopic (exact) mass is 589 g/mol. The Morgan fingerprint density at radius 1 is 1.10 bits per heavy atom. The summed E-state index contributed by atoms with van der Waals surface area (Å²) in [4.78, 5) is 16.4. The Labute approximate surface area is 237 Å². The predicted octanol–water partition coefficient (Wildman–Crippen LogP) is 6.54. The number of alkyl halides is 3. The lowest BCUT2D eigenvalue weighted by molar-refractivity contribution is -0.137. The molecule has 1 unspecified atom stereocenters. The second-order valence-electron chi connectivity index (χ2n) is 9.51. The van der Waals surface area contributed by atoms with Crippen LogP contribution < -0.4 is 16.4 Å². The van der Waals surface area contributed by atoms with Gasteiger partial charge in [0.1, 0.15) is 23.5 Å². The second kappa shape index (κ2) is 12.5. The standard InChI is InChI=1S/C28H28F5N7O2/c1-3-15(13-42-2)22(34)8-6-18-12-19(25-26(35)36-14-37-40(18)25)16-4-9-23(21(30)10-16)38-27(41)39-24-11-17(28(31,32)33)5-7-20(24)29/h4-5,7,9-12,14-15,34H,3,6,8,13H2,1-2H3,(H2,35,36,37)(H2,38,39,41). The fraction of sp³-hybridized carbons (Fsp3) is 0.286. The van der Waals surface area contributed by atoms with Gasteiger partial charge in [0.25, 0.3) is 0 Å². The molecule has 2 aromatic heterocycles. The summed E-state index contributed by atoms with van der Waals surface area (Å²) < 4.78 is 74.8. The molecule has 0 spiro atoms. The lowest BCUT2D eigenvalue weighted by Gasteiger charge is -2.15. The van der Waals surface area contributed by atoms with Crippen molar-refractivity contribution in [2.24, 2.45) is 5.92 Å². The van der Waals surface area contributed by atoms with E-state index in [4.69, 9.17) is 15.9 Å². The normalized spacial score (nSPS) is 12.4. The number of amides is 2. The summed E-state index contributed by atoms with van der Waals surface area (Å²) in [5.41, 5.74) is 6.54. The average Bonchev–Trinajstić information content (AvgIpc) is 3.32. The van der Waals surface area contributed by atoms with Crippen LogP contribution >= 0.6 is 0 Å². The Morgan fingerprint density at radius 3 is 2.50 bits per heavy atom. The maximum Gasteiger partial charge on any atom is 0.416 e. The molecule has 2 aromatic carbocycles. The van der Waals surface area contributed by atoms with Crippen LogP contribution in [0.2, 0.25) is 0 Å². The number of hydrogen-bond donors (Lipinski definition) is 4.